The Morgan fingerprint density at radius 1 is 1.22 bits per heavy atom. The van der Waals surface area contributed by atoms with Gasteiger partial charge in [0, 0.05) is 36.4 Å². The second-order valence-corrected chi connectivity index (χ2v) is 8.41. The number of halogens is 1. The highest BCUT2D eigenvalue weighted by atomic mass is 19.1. The molecule has 0 bridgehead atoms. The minimum absolute atomic E-state index is 0.396. The second kappa shape index (κ2) is 7.28. The normalized spacial score (nSPS) is 13.5. The van der Waals surface area contributed by atoms with Gasteiger partial charge in [0.2, 0.25) is 5.65 Å². The Kier molecular flexibility index (Phi) is 4.53. The smallest absolute Gasteiger partial charge is 0.204 e. The average molecular weight is 425 g/mol. The lowest BCUT2D eigenvalue weighted by molar-refractivity contribution is 0.633. The summed E-state index contributed by atoms with van der Waals surface area (Å²) in [7, 11) is 1.75. The van der Waals surface area contributed by atoms with Crippen molar-refractivity contribution >= 4 is 33.4 Å². The third-order valence-corrected chi connectivity index (χ3v) is 5.69. The van der Waals surface area contributed by atoms with Crippen LogP contribution in [0.1, 0.15) is 31.4 Å². The number of aromatic nitrogens is 5. The number of anilines is 2. The minimum Gasteiger partial charge on any atom is -0.325 e. The third kappa shape index (κ3) is 3.12. The predicted molar refractivity (Wildman–Crippen MR) is 120 cm³/mol. The molecule has 0 saturated carbocycles. The number of pyridine rings is 2. The van der Waals surface area contributed by atoms with Crippen molar-refractivity contribution in [2.75, 3.05) is 11.4 Å². The molecule has 0 atom stereocenters. The lowest BCUT2D eigenvalue weighted by atomic mass is 9.93. The first-order valence-electron chi connectivity index (χ1n) is 10.4. The lowest BCUT2D eigenvalue weighted by Gasteiger charge is -2.32. The number of hydrogen-bond acceptors (Lipinski definition) is 6. The van der Waals surface area contributed by atoms with E-state index in [1.54, 1.807) is 31.8 Å². The van der Waals surface area contributed by atoms with Gasteiger partial charge in [-0.05, 0) is 44.4 Å². The Hall–Kier alpha value is -4.04. The van der Waals surface area contributed by atoms with Crippen LogP contribution < -0.4 is 4.90 Å². The van der Waals surface area contributed by atoms with Crippen molar-refractivity contribution in [2.24, 2.45) is 12.5 Å². The molecule has 0 saturated heterocycles. The van der Waals surface area contributed by atoms with Gasteiger partial charge in [0.1, 0.15) is 16.7 Å². The van der Waals surface area contributed by atoms with Crippen LogP contribution in [-0.4, -0.2) is 31.5 Å². The van der Waals surface area contributed by atoms with Gasteiger partial charge < -0.3 is 4.90 Å². The van der Waals surface area contributed by atoms with Crippen molar-refractivity contribution in [1.82, 2.24) is 25.0 Å². The maximum absolute atomic E-state index is 15.1. The highest BCUT2D eigenvalue weighted by molar-refractivity contribution is 6.08. The molecule has 0 aliphatic carbocycles. The first-order chi connectivity index (χ1) is 15.4. The fourth-order valence-corrected chi connectivity index (χ4v) is 4.12. The van der Waals surface area contributed by atoms with Crippen molar-refractivity contribution in [3.63, 3.8) is 0 Å². The van der Waals surface area contributed by atoms with Crippen LogP contribution in [0.15, 0.2) is 30.6 Å². The molecule has 0 spiro atoms. The quantitative estimate of drug-likeness (QED) is 0.428. The van der Waals surface area contributed by atoms with E-state index >= 15 is 4.39 Å². The SMILES string of the molecule is Cn1nnc2nc(N3CCCc4c(C#CC(C)(C)C#N)cccc43)c3c(F)cncc3c21. The van der Waals surface area contributed by atoms with E-state index in [0.717, 1.165) is 29.7 Å². The molecule has 3 aromatic heterocycles. The summed E-state index contributed by atoms with van der Waals surface area (Å²) in [6.07, 6.45) is 4.55. The Labute approximate surface area is 184 Å². The molecule has 158 valence electrons. The standard InChI is InChI=1S/C24H20FN7/c1-24(2,14-26)10-9-15-6-4-8-19-16(15)7-5-11-32(19)23-20-17(12-27-13-18(20)25)21-22(28-23)29-30-31(21)3/h4,6,8,12-13H,5,7,11H2,1-3H3. The molecule has 4 heterocycles. The zero-order chi connectivity index (χ0) is 22.5. The molecule has 8 heteroatoms. The molecule has 4 aromatic rings. The van der Waals surface area contributed by atoms with E-state index in [0.29, 0.717) is 34.3 Å². The van der Waals surface area contributed by atoms with Gasteiger partial charge in [-0.15, -0.1) is 5.10 Å². The topological polar surface area (TPSA) is 83.5 Å². The Bertz CT molecular complexity index is 1480. The maximum atomic E-state index is 15.1. The van der Waals surface area contributed by atoms with Gasteiger partial charge in [0.05, 0.1) is 17.7 Å². The van der Waals surface area contributed by atoms with Crippen LogP contribution in [0.4, 0.5) is 15.9 Å². The predicted octanol–water partition coefficient (Wildman–Crippen LogP) is 4.04. The zero-order valence-electron chi connectivity index (χ0n) is 18.0. The summed E-state index contributed by atoms with van der Waals surface area (Å²) in [4.78, 5) is 10.8. The molecule has 0 amide bonds. The summed E-state index contributed by atoms with van der Waals surface area (Å²) >= 11 is 0. The first kappa shape index (κ1) is 19.9. The van der Waals surface area contributed by atoms with Crippen molar-refractivity contribution in [3.05, 3.63) is 47.5 Å². The Balaban J connectivity index is 1.74. The van der Waals surface area contributed by atoms with Crippen LogP contribution in [0.25, 0.3) is 21.9 Å². The van der Waals surface area contributed by atoms with Crippen molar-refractivity contribution in [1.29, 1.82) is 5.26 Å². The molecule has 1 aliphatic heterocycles. The number of nitrogens with zero attached hydrogens (tertiary/aromatic N) is 7. The van der Waals surface area contributed by atoms with Gasteiger partial charge in [-0.2, -0.15) is 5.26 Å². The lowest BCUT2D eigenvalue weighted by Crippen LogP contribution is -2.26. The molecule has 0 fully saturated rings. The molecule has 0 N–H and O–H groups in total. The van der Waals surface area contributed by atoms with Crippen molar-refractivity contribution in [2.45, 2.75) is 26.7 Å². The Morgan fingerprint density at radius 2 is 2.06 bits per heavy atom. The van der Waals surface area contributed by atoms with Crippen LogP contribution in [-0.2, 0) is 13.5 Å². The van der Waals surface area contributed by atoms with Gasteiger partial charge in [0.25, 0.3) is 0 Å². The summed E-state index contributed by atoms with van der Waals surface area (Å²) in [6, 6.07) is 8.11. The third-order valence-electron chi connectivity index (χ3n) is 5.69. The summed E-state index contributed by atoms with van der Waals surface area (Å²) in [5, 5.41) is 18.5. The van der Waals surface area contributed by atoms with E-state index in [-0.39, 0.29) is 0 Å². The van der Waals surface area contributed by atoms with Crippen molar-refractivity contribution < 1.29 is 4.39 Å². The van der Waals surface area contributed by atoms with Gasteiger partial charge in [0.15, 0.2) is 5.82 Å². The van der Waals surface area contributed by atoms with Gasteiger partial charge in [-0.1, -0.05) is 23.1 Å². The zero-order valence-corrected chi connectivity index (χ0v) is 18.0. The summed E-state index contributed by atoms with van der Waals surface area (Å²) in [5.41, 5.74) is 3.24. The molecule has 5 rings (SSSR count). The highest BCUT2D eigenvalue weighted by Gasteiger charge is 2.26. The van der Waals surface area contributed by atoms with E-state index in [1.807, 2.05) is 23.1 Å². The maximum Gasteiger partial charge on any atom is 0.204 e. The van der Waals surface area contributed by atoms with E-state index < -0.39 is 11.2 Å². The molecule has 0 unspecified atom stereocenters. The van der Waals surface area contributed by atoms with Crippen molar-refractivity contribution in [3.8, 4) is 17.9 Å². The van der Waals surface area contributed by atoms with Crippen LogP contribution >= 0.6 is 0 Å². The van der Waals surface area contributed by atoms with Gasteiger partial charge in [-0.25, -0.2) is 14.1 Å². The number of nitriles is 1. The molecular weight excluding hydrogens is 405 g/mol. The van der Waals surface area contributed by atoms with E-state index in [4.69, 9.17) is 4.98 Å². The average Bonchev–Trinajstić information content (AvgIpc) is 3.18. The molecule has 1 aromatic carbocycles. The number of fused-ring (bicyclic) bond motifs is 4. The number of aryl methyl sites for hydroxylation is 1. The number of hydrogen-bond donors (Lipinski definition) is 0. The number of benzene rings is 1. The van der Waals surface area contributed by atoms with Crippen LogP contribution in [0.3, 0.4) is 0 Å². The summed E-state index contributed by atoms with van der Waals surface area (Å²) < 4.78 is 16.7. The first-order valence-corrected chi connectivity index (χ1v) is 10.4. The Morgan fingerprint density at radius 3 is 2.88 bits per heavy atom. The molecular formula is C24H20FN7. The largest absolute Gasteiger partial charge is 0.325 e. The number of rotatable bonds is 1. The molecule has 32 heavy (non-hydrogen) atoms. The summed E-state index contributed by atoms with van der Waals surface area (Å²) in [6.45, 7) is 4.28. The van der Waals surface area contributed by atoms with Crippen LogP contribution in [0.2, 0.25) is 0 Å². The molecule has 0 radical (unpaired) electrons. The molecule has 1 aliphatic rings. The van der Waals surface area contributed by atoms with E-state index in [2.05, 4.69) is 33.2 Å². The van der Waals surface area contributed by atoms with Gasteiger partial charge >= 0.3 is 0 Å². The molecule has 7 nitrogen and oxygen atoms in total. The van der Waals surface area contributed by atoms with Crippen LogP contribution in [0.5, 0.6) is 0 Å². The highest BCUT2D eigenvalue weighted by Crippen LogP contribution is 2.39. The van der Waals surface area contributed by atoms with E-state index in [1.165, 1.54) is 6.20 Å². The van der Waals surface area contributed by atoms with Crippen LogP contribution in [0, 0.1) is 34.4 Å². The van der Waals surface area contributed by atoms with Gasteiger partial charge in [-0.3, -0.25) is 4.98 Å². The second-order valence-electron chi connectivity index (χ2n) is 8.41. The fraction of sp³-hybridized carbons (Fsp3) is 0.292. The monoisotopic (exact) mass is 425 g/mol. The fourth-order valence-electron chi connectivity index (χ4n) is 4.12. The van der Waals surface area contributed by atoms with E-state index in [9.17, 15) is 5.26 Å². The minimum atomic E-state index is -0.734. The summed E-state index contributed by atoms with van der Waals surface area (Å²) in [5.74, 6) is 6.31.